The third kappa shape index (κ3) is 2.20. The Labute approximate surface area is 138 Å². The summed E-state index contributed by atoms with van der Waals surface area (Å²) in [4.78, 5) is 37.7. The normalized spacial score (nSPS) is 23.7. The fourth-order valence-corrected chi connectivity index (χ4v) is 2.95. The Kier molecular flexibility index (Phi) is 3.65. The highest BCUT2D eigenvalue weighted by molar-refractivity contribution is 6.38. The molecule has 0 spiro atoms. The van der Waals surface area contributed by atoms with Crippen LogP contribution in [0.3, 0.4) is 0 Å². The van der Waals surface area contributed by atoms with Gasteiger partial charge in [-0.15, -0.1) is 5.23 Å². The van der Waals surface area contributed by atoms with Gasteiger partial charge in [-0.3, -0.25) is 24.8 Å². The molecule has 0 aromatic heterocycles. The molecule has 2 N–H and O–H groups in total. The van der Waals surface area contributed by atoms with Crippen molar-refractivity contribution in [2.24, 2.45) is 0 Å². The molecular formula is C13H10B2FN3O5. The Bertz CT molecular complexity index is 774. The van der Waals surface area contributed by atoms with Crippen molar-refractivity contribution in [3.63, 3.8) is 0 Å². The number of rotatable bonds is 2. The van der Waals surface area contributed by atoms with E-state index < -0.39 is 29.0 Å². The molecule has 3 rings (SSSR count). The highest BCUT2D eigenvalue weighted by Gasteiger charge is 2.50. The van der Waals surface area contributed by atoms with Crippen molar-refractivity contribution in [3.8, 4) is 0 Å². The van der Waals surface area contributed by atoms with Crippen LogP contribution in [0, 0.1) is 5.82 Å². The van der Waals surface area contributed by atoms with Gasteiger partial charge in [-0.1, -0.05) is 0 Å². The Morgan fingerprint density at radius 1 is 1.25 bits per heavy atom. The molecule has 4 radical (unpaired) electrons. The fourth-order valence-electron chi connectivity index (χ4n) is 2.95. The summed E-state index contributed by atoms with van der Waals surface area (Å²) in [6.45, 7) is -0.272. The number of hydrogen-bond acceptors (Lipinski definition) is 6. The number of fused-ring (bicyclic) bond motifs is 1. The number of halogens is 1. The highest BCUT2D eigenvalue weighted by Crippen LogP contribution is 2.38. The van der Waals surface area contributed by atoms with Crippen LogP contribution in [0.25, 0.3) is 0 Å². The van der Waals surface area contributed by atoms with Crippen LogP contribution in [0.15, 0.2) is 12.1 Å². The molecule has 2 heterocycles. The number of carbonyl (C=O) groups excluding carboxylic acids is 3. The van der Waals surface area contributed by atoms with Crippen molar-refractivity contribution in [1.82, 2.24) is 9.71 Å². The summed E-state index contributed by atoms with van der Waals surface area (Å²) >= 11 is 0. The second-order valence-corrected chi connectivity index (χ2v) is 5.62. The summed E-state index contributed by atoms with van der Waals surface area (Å²) in [7, 11) is 11.4. The van der Waals surface area contributed by atoms with Gasteiger partial charge in [0.05, 0.1) is 5.44 Å². The molecule has 1 aromatic carbocycles. The molecule has 8 nitrogen and oxygen atoms in total. The van der Waals surface area contributed by atoms with Crippen LogP contribution in [0.1, 0.15) is 28.8 Å². The highest BCUT2D eigenvalue weighted by atomic mass is 19.1. The van der Waals surface area contributed by atoms with Crippen LogP contribution < -0.4 is 5.23 Å². The lowest BCUT2D eigenvalue weighted by molar-refractivity contribution is -0.147. The molecule has 120 valence electrons. The molecule has 24 heavy (non-hydrogen) atoms. The van der Waals surface area contributed by atoms with Gasteiger partial charge in [-0.05, 0) is 12.5 Å². The maximum absolute atomic E-state index is 13.6. The molecule has 1 atom stereocenters. The summed E-state index contributed by atoms with van der Waals surface area (Å²) < 4.78 is 13.6. The minimum absolute atomic E-state index is 0.0875. The number of nitrogens with zero attached hydrogens (tertiary/aromatic N) is 3. The first-order chi connectivity index (χ1) is 11.2. The summed E-state index contributed by atoms with van der Waals surface area (Å²) in [6, 6.07) is 1.73. The van der Waals surface area contributed by atoms with E-state index in [2.05, 4.69) is 0 Å². The third-order valence-corrected chi connectivity index (χ3v) is 4.26. The molecule has 2 aliphatic rings. The second kappa shape index (κ2) is 5.32. The number of amides is 3. The molecule has 2 aliphatic heterocycles. The van der Waals surface area contributed by atoms with Crippen molar-refractivity contribution in [2.75, 3.05) is 5.23 Å². The van der Waals surface area contributed by atoms with Gasteiger partial charge in [0.25, 0.3) is 5.91 Å². The van der Waals surface area contributed by atoms with E-state index in [1.54, 1.807) is 0 Å². The van der Waals surface area contributed by atoms with Crippen molar-refractivity contribution in [2.45, 2.75) is 24.8 Å². The average Bonchev–Trinajstić information content (AvgIpc) is 2.86. The molecule has 3 amide bonds. The second-order valence-electron chi connectivity index (χ2n) is 5.62. The Morgan fingerprint density at radius 2 is 1.92 bits per heavy atom. The maximum Gasteiger partial charge on any atom is 0.254 e. The number of imide groups is 1. The third-order valence-electron chi connectivity index (χ3n) is 4.26. The number of piperidine rings is 1. The summed E-state index contributed by atoms with van der Waals surface area (Å²) in [5, 5.41) is 18.1. The van der Waals surface area contributed by atoms with E-state index >= 15 is 0 Å². The van der Waals surface area contributed by atoms with Gasteiger partial charge >= 0.3 is 0 Å². The van der Waals surface area contributed by atoms with E-state index in [4.69, 9.17) is 15.8 Å². The quantitative estimate of drug-likeness (QED) is 0.430. The van der Waals surface area contributed by atoms with Gasteiger partial charge in [0.1, 0.15) is 19.4 Å². The molecule has 1 aromatic rings. The zero-order chi connectivity index (χ0) is 17.8. The summed E-state index contributed by atoms with van der Waals surface area (Å²) in [5.74, 6) is -3.24. The predicted molar refractivity (Wildman–Crippen MR) is 77.7 cm³/mol. The molecular weight excluding hydrogens is 319 g/mol. The van der Waals surface area contributed by atoms with Crippen LogP contribution in [0.5, 0.6) is 0 Å². The van der Waals surface area contributed by atoms with E-state index in [0.29, 0.717) is 4.81 Å². The lowest BCUT2D eigenvalue weighted by Crippen LogP contribution is -2.64. The summed E-state index contributed by atoms with van der Waals surface area (Å²) in [6.07, 6.45) is -0.302. The molecule has 11 heteroatoms. The van der Waals surface area contributed by atoms with Crippen LogP contribution in [0.4, 0.5) is 10.1 Å². The summed E-state index contributed by atoms with van der Waals surface area (Å²) in [5.41, 5.74) is -2.31. The van der Waals surface area contributed by atoms with Gasteiger partial charge in [-0.25, -0.2) is 4.39 Å². The zero-order valence-corrected chi connectivity index (χ0v) is 12.3. The van der Waals surface area contributed by atoms with Crippen LogP contribution in [0.2, 0.25) is 0 Å². The maximum atomic E-state index is 13.6. The number of benzene rings is 1. The Balaban J connectivity index is 2.04. The first-order valence-electron chi connectivity index (χ1n) is 6.90. The van der Waals surface area contributed by atoms with Crippen molar-refractivity contribution in [1.29, 1.82) is 0 Å². The van der Waals surface area contributed by atoms with Crippen molar-refractivity contribution < 1.29 is 29.2 Å². The van der Waals surface area contributed by atoms with Gasteiger partial charge in [0.2, 0.25) is 19.8 Å². The van der Waals surface area contributed by atoms with E-state index in [1.165, 1.54) is 0 Å². The van der Waals surface area contributed by atoms with Crippen LogP contribution in [-0.2, 0) is 16.1 Å². The Hall–Kier alpha value is -2.39. The van der Waals surface area contributed by atoms with E-state index in [1.807, 2.05) is 0 Å². The number of hydrogen-bond donors (Lipinski definition) is 2. The van der Waals surface area contributed by atoms with Crippen molar-refractivity contribution >= 4 is 39.2 Å². The fraction of sp³-hybridized carbons (Fsp3) is 0.308. The minimum Gasteiger partial charge on any atom is -0.339 e. The molecule has 0 saturated carbocycles. The topological polar surface area (TPSA) is 101 Å². The molecule has 1 fully saturated rings. The first-order valence-corrected chi connectivity index (χ1v) is 6.90. The largest absolute Gasteiger partial charge is 0.339 e. The zero-order valence-electron chi connectivity index (χ0n) is 12.3. The lowest BCUT2D eigenvalue weighted by atomic mass is 9.68. The van der Waals surface area contributed by atoms with Crippen molar-refractivity contribution in [3.05, 3.63) is 29.1 Å². The number of carbonyl (C=O) groups is 3. The van der Waals surface area contributed by atoms with Crippen LogP contribution >= 0.6 is 0 Å². The molecule has 0 aliphatic carbocycles. The monoisotopic (exact) mass is 329 g/mol. The van der Waals surface area contributed by atoms with Gasteiger partial charge in [-0.2, -0.15) is 0 Å². The SMILES string of the molecule is [B]N1C(=O)CCC([B])(N2Cc3c(cc(F)cc3N(O)O)C2=O)C1=O. The van der Waals surface area contributed by atoms with Gasteiger partial charge in [0.15, 0.2) is 0 Å². The van der Waals surface area contributed by atoms with Gasteiger partial charge in [0, 0.05) is 30.2 Å². The van der Waals surface area contributed by atoms with Gasteiger partial charge < -0.3 is 9.71 Å². The average molecular weight is 329 g/mol. The smallest absolute Gasteiger partial charge is 0.254 e. The van der Waals surface area contributed by atoms with E-state index in [0.717, 1.165) is 17.0 Å². The Morgan fingerprint density at radius 3 is 2.54 bits per heavy atom. The lowest BCUT2D eigenvalue weighted by Gasteiger charge is -2.43. The number of anilines is 1. The molecule has 1 unspecified atom stereocenters. The minimum atomic E-state index is -1.89. The standard InChI is InChI=1S/C13H10B2FN3O5/c14-13(2-1-10(20)18(15)12(13)22)17-5-8-7(11(17)21)3-6(16)4-9(8)19(23)24/h3-4,23-24H,1-2,5H2. The van der Waals surface area contributed by atoms with E-state index in [-0.39, 0.29) is 41.4 Å². The molecule has 0 bridgehead atoms. The van der Waals surface area contributed by atoms with Crippen LogP contribution in [-0.4, -0.2) is 59.1 Å². The predicted octanol–water partition coefficient (Wildman–Crippen LogP) is -0.536. The molecule has 1 saturated heterocycles. The first kappa shape index (κ1) is 16.5. The van der Waals surface area contributed by atoms with E-state index in [9.17, 15) is 29.2 Å².